The van der Waals surface area contributed by atoms with Crippen molar-refractivity contribution in [2.24, 2.45) is 0 Å². The maximum Gasteiger partial charge on any atom is 0.338 e. The molecular formula is C28H22O6S. The Kier molecular flexibility index (Phi) is 5.78. The molecule has 0 amide bonds. The third kappa shape index (κ3) is 3.94. The number of benzene rings is 3. The van der Waals surface area contributed by atoms with Crippen LogP contribution in [-0.2, 0) is 11.3 Å². The molecule has 7 heteroatoms. The standard InChI is InChI=1S/C28H22O6S/c1-15-6-7-24-20(9-15)17-11-22(28(31)33-3)18(10-16(17)14-34-24)19-13-25(32-2)23(12-21(19)27(29)30)26-5-4-8-35-26/h4-13H,14H2,1-3H3,(H,29,30). The average Bonchev–Trinajstić information content (AvgIpc) is 3.41. The number of fused-ring (bicyclic) bond motifs is 3. The Morgan fingerprint density at radius 1 is 0.914 bits per heavy atom. The third-order valence-corrected chi connectivity index (χ3v) is 7.01. The molecule has 0 unspecified atom stereocenters. The normalized spacial score (nSPS) is 11.7. The molecule has 1 aromatic heterocycles. The molecule has 0 aliphatic carbocycles. The van der Waals surface area contributed by atoms with Gasteiger partial charge in [0.25, 0.3) is 0 Å². The number of carbonyl (C=O) groups excluding carboxylic acids is 1. The van der Waals surface area contributed by atoms with Gasteiger partial charge in [0.1, 0.15) is 18.1 Å². The number of hydrogen-bond acceptors (Lipinski definition) is 6. The van der Waals surface area contributed by atoms with Crippen molar-refractivity contribution < 1.29 is 28.9 Å². The van der Waals surface area contributed by atoms with Crippen molar-refractivity contribution in [3.63, 3.8) is 0 Å². The number of carbonyl (C=O) groups is 2. The van der Waals surface area contributed by atoms with E-state index in [-0.39, 0.29) is 11.1 Å². The highest BCUT2D eigenvalue weighted by atomic mass is 32.1. The van der Waals surface area contributed by atoms with Crippen LogP contribution < -0.4 is 9.47 Å². The molecule has 2 heterocycles. The number of esters is 1. The Bertz CT molecular complexity index is 1470. The minimum atomic E-state index is -1.11. The van der Waals surface area contributed by atoms with Crippen LogP contribution in [-0.4, -0.2) is 31.3 Å². The van der Waals surface area contributed by atoms with Crippen molar-refractivity contribution in [3.05, 3.63) is 82.2 Å². The molecule has 0 fully saturated rings. The fourth-order valence-corrected chi connectivity index (χ4v) is 5.17. The minimum absolute atomic E-state index is 0.0623. The highest BCUT2D eigenvalue weighted by molar-refractivity contribution is 7.13. The van der Waals surface area contributed by atoms with Gasteiger partial charge in [0.05, 0.1) is 25.3 Å². The van der Waals surface area contributed by atoms with E-state index in [1.54, 1.807) is 18.2 Å². The average molecular weight is 487 g/mol. The number of thiophene rings is 1. The maximum absolute atomic E-state index is 12.9. The number of methoxy groups -OCH3 is 2. The van der Waals surface area contributed by atoms with Gasteiger partial charge in [-0.2, -0.15) is 0 Å². The van der Waals surface area contributed by atoms with Crippen molar-refractivity contribution in [1.82, 2.24) is 0 Å². The topological polar surface area (TPSA) is 82.1 Å². The summed E-state index contributed by atoms with van der Waals surface area (Å²) >= 11 is 1.49. The largest absolute Gasteiger partial charge is 0.496 e. The van der Waals surface area contributed by atoms with E-state index in [4.69, 9.17) is 14.2 Å². The molecule has 1 aliphatic rings. The van der Waals surface area contributed by atoms with Crippen LogP contribution in [0, 0.1) is 6.92 Å². The molecule has 3 aromatic carbocycles. The Morgan fingerprint density at radius 2 is 1.69 bits per heavy atom. The minimum Gasteiger partial charge on any atom is -0.496 e. The van der Waals surface area contributed by atoms with Crippen molar-refractivity contribution in [3.8, 4) is 44.2 Å². The fourth-order valence-electron chi connectivity index (χ4n) is 4.42. The summed E-state index contributed by atoms with van der Waals surface area (Å²) in [7, 11) is 2.85. The first kappa shape index (κ1) is 22.7. The molecular weight excluding hydrogens is 464 g/mol. The van der Waals surface area contributed by atoms with Crippen LogP contribution in [0.25, 0.3) is 32.7 Å². The highest BCUT2D eigenvalue weighted by Crippen LogP contribution is 2.44. The summed E-state index contributed by atoms with van der Waals surface area (Å²) in [5.74, 6) is -0.412. The molecule has 0 spiro atoms. The van der Waals surface area contributed by atoms with E-state index in [0.29, 0.717) is 29.0 Å². The van der Waals surface area contributed by atoms with Gasteiger partial charge >= 0.3 is 11.9 Å². The summed E-state index contributed by atoms with van der Waals surface area (Å²) in [4.78, 5) is 26.2. The van der Waals surface area contributed by atoms with Gasteiger partial charge in [-0.15, -0.1) is 11.3 Å². The second-order valence-corrected chi connectivity index (χ2v) is 9.16. The van der Waals surface area contributed by atoms with Gasteiger partial charge in [0, 0.05) is 21.6 Å². The Morgan fingerprint density at radius 3 is 2.37 bits per heavy atom. The summed E-state index contributed by atoms with van der Waals surface area (Å²) in [5.41, 5.74) is 5.48. The van der Waals surface area contributed by atoms with E-state index in [1.807, 2.05) is 48.7 Å². The second kappa shape index (κ2) is 8.92. The van der Waals surface area contributed by atoms with E-state index in [0.717, 1.165) is 32.9 Å². The van der Waals surface area contributed by atoms with E-state index in [9.17, 15) is 14.7 Å². The summed E-state index contributed by atoms with van der Waals surface area (Å²) in [5, 5.41) is 12.0. The van der Waals surface area contributed by atoms with Crippen molar-refractivity contribution in [2.45, 2.75) is 13.5 Å². The molecule has 5 rings (SSSR count). The lowest BCUT2D eigenvalue weighted by molar-refractivity contribution is 0.0600. The molecule has 35 heavy (non-hydrogen) atoms. The fraction of sp³-hybridized carbons (Fsp3) is 0.143. The molecule has 0 saturated carbocycles. The summed E-state index contributed by atoms with van der Waals surface area (Å²) in [6.07, 6.45) is 0. The Balaban J connectivity index is 1.79. The molecule has 0 saturated heterocycles. The van der Waals surface area contributed by atoms with Crippen molar-refractivity contribution in [2.75, 3.05) is 14.2 Å². The van der Waals surface area contributed by atoms with Crippen molar-refractivity contribution in [1.29, 1.82) is 0 Å². The predicted molar refractivity (Wildman–Crippen MR) is 135 cm³/mol. The van der Waals surface area contributed by atoms with E-state index < -0.39 is 11.9 Å². The second-order valence-electron chi connectivity index (χ2n) is 8.22. The van der Waals surface area contributed by atoms with Crippen molar-refractivity contribution >= 4 is 23.3 Å². The van der Waals surface area contributed by atoms with Gasteiger partial charge in [0.15, 0.2) is 0 Å². The van der Waals surface area contributed by atoms with E-state index in [2.05, 4.69) is 0 Å². The monoisotopic (exact) mass is 486 g/mol. The van der Waals surface area contributed by atoms with Gasteiger partial charge in [0.2, 0.25) is 0 Å². The number of aryl methyl sites for hydroxylation is 1. The predicted octanol–water partition coefficient (Wildman–Crippen LogP) is 6.44. The summed E-state index contributed by atoms with van der Waals surface area (Å²) in [6.45, 7) is 2.29. The first-order valence-corrected chi connectivity index (χ1v) is 11.8. The van der Waals surface area contributed by atoms with Crippen LogP contribution in [0.4, 0.5) is 0 Å². The number of carboxylic acid groups (broad SMARTS) is 1. The molecule has 0 atom stereocenters. The molecule has 1 aliphatic heterocycles. The zero-order chi connectivity index (χ0) is 24.7. The number of ether oxygens (including phenoxy) is 3. The van der Waals surface area contributed by atoms with Gasteiger partial charge < -0.3 is 19.3 Å². The summed E-state index contributed by atoms with van der Waals surface area (Å²) < 4.78 is 16.7. The molecule has 176 valence electrons. The van der Waals surface area contributed by atoms with Crippen LogP contribution in [0.3, 0.4) is 0 Å². The first-order chi connectivity index (χ1) is 16.9. The molecule has 1 N–H and O–H groups in total. The van der Waals surface area contributed by atoms with Gasteiger partial charge in [-0.1, -0.05) is 17.7 Å². The number of rotatable bonds is 5. The Hall–Kier alpha value is -4.10. The zero-order valence-electron chi connectivity index (χ0n) is 19.4. The van der Waals surface area contributed by atoms with Crippen LogP contribution in [0.1, 0.15) is 31.8 Å². The quantitative estimate of drug-likeness (QED) is 0.327. The highest BCUT2D eigenvalue weighted by Gasteiger charge is 2.27. The van der Waals surface area contributed by atoms with E-state index in [1.165, 1.54) is 25.6 Å². The third-order valence-electron chi connectivity index (χ3n) is 6.10. The smallest absolute Gasteiger partial charge is 0.338 e. The number of hydrogen-bond donors (Lipinski definition) is 1. The lowest BCUT2D eigenvalue weighted by atomic mass is 9.87. The molecule has 0 radical (unpaired) electrons. The lowest BCUT2D eigenvalue weighted by Crippen LogP contribution is -2.12. The Labute approximate surface area is 206 Å². The number of carboxylic acids is 1. The molecule has 0 bridgehead atoms. The van der Waals surface area contributed by atoms with Gasteiger partial charge in [-0.3, -0.25) is 0 Å². The molecule has 4 aromatic rings. The van der Waals surface area contributed by atoms with Gasteiger partial charge in [-0.05, 0) is 71.5 Å². The molecule has 6 nitrogen and oxygen atoms in total. The van der Waals surface area contributed by atoms with Crippen LogP contribution >= 0.6 is 11.3 Å². The van der Waals surface area contributed by atoms with Crippen LogP contribution in [0.15, 0.2) is 60.0 Å². The van der Waals surface area contributed by atoms with Gasteiger partial charge in [-0.25, -0.2) is 9.59 Å². The lowest BCUT2D eigenvalue weighted by Gasteiger charge is -2.24. The zero-order valence-corrected chi connectivity index (χ0v) is 20.2. The van der Waals surface area contributed by atoms with Crippen LogP contribution in [0.5, 0.6) is 11.5 Å². The summed E-state index contributed by atoms with van der Waals surface area (Å²) in [6, 6.07) is 16.6. The first-order valence-electron chi connectivity index (χ1n) is 10.9. The maximum atomic E-state index is 12.9. The van der Waals surface area contributed by atoms with Crippen LogP contribution in [0.2, 0.25) is 0 Å². The van der Waals surface area contributed by atoms with E-state index >= 15 is 0 Å². The SMILES string of the molecule is COC(=O)c1cc2c(cc1-c1cc(OC)c(-c3cccs3)cc1C(=O)O)COc1ccc(C)cc1-2. The number of aromatic carboxylic acids is 1.